The van der Waals surface area contributed by atoms with Gasteiger partial charge in [-0.05, 0) is 44.2 Å². The van der Waals surface area contributed by atoms with E-state index in [1.807, 2.05) is 6.07 Å². The van der Waals surface area contributed by atoms with Crippen molar-refractivity contribution in [3.05, 3.63) is 66.0 Å². The number of nitriles is 1. The molecule has 1 fully saturated rings. The van der Waals surface area contributed by atoms with Crippen molar-refractivity contribution >= 4 is 17.8 Å². The highest BCUT2D eigenvalue weighted by Gasteiger charge is 2.28. The van der Waals surface area contributed by atoms with Crippen molar-refractivity contribution in [1.82, 2.24) is 25.2 Å². The number of aromatic nitrogens is 3. The molecule has 3 aromatic rings. The third kappa shape index (κ3) is 6.36. The topological polar surface area (TPSA) is 153 Å². The Kier molecular flexibility index (Phi) is 7.60. The van der Waals surface area contributed by atoms with Crippen molar-refractivity contribution in [2.45, 2.75) is 32.0 Å². The van der Waals surface area contributed by atoms with Gasteiger partial charge in [0.15, 0.2) is 5.82 Å². The first-order valence-corrected chi connectivity index (χ1v) is 11.7. The number of hydrogen-bond donors (Lipinski definition) is 3. The van der Waals surface area contributed by atoms with E-state index in [1.54, 1.807) is 56.3 Å². The number of aliphatic hydroxyl groups excluding tert-OH is 1. The predicted molar refractivity (Wildman–Crippen MR) is 134 cm³/mol. The number of amides is 2. The molecule has 37 heavy (non-hydrogen) atoms. The van der Waals surface area contributed by atoms with Gasteiger partial charge in [-0.25, -0.2) is 9.97 Å². The minimum Gasteiger partial charge on any atom is -0.487 e. The Bertz CT molecular complexity index is 1320. The van der Waals surface area contributed by atoms with Crippen LogP contribution in [0.5, 0.6) is 5.75 Å². The van der Waals surface area contributed by atoms with Gasteiger partial charge in [-0.3, -0.25) is 9.59 Å². The van der Waals surface area contributed by atoms with Crippen LogP contribution in [0, 0.1) is 11.3 Å². The molecule has 11 nitrogen and oxygen atoms in total. The van der Waals surface area contributed by atoms with Gasteiger partial charge in [-0.15, -0.1) is 0 Å². The van der Waals surface area contributed by atoms with E-state index in [9.17, 15) is 14.9 Å². The number of ether oxygens (including phenoxy) is 1. The van der Waals surface area contributed by atoms with Gasteiger partial charge in [0.05, 0.1) is 12.1 Å². The van der Waals surface area contributed by atoms with Crippen LogP contribution in [0.25, 0.3) is 11.4 Å². The van der Waals surface area contributed by atoms with Crippen molar-refractivity contribution in [2.24, 2.45) is 0 Å². The summed E-state index contributed by atoms with van der Waals surface area (Å²) in [6.07, 6.45) is 1.69. The lowest BCUT2D eigenvalue weighted by molar-refractivity contribution is -0.133. The van der Waals surface area contributed by atoms with E-state index in [-0.39, 0.29) is 23.9 Å². The SMILES string of the molecule is CC(C)(NC(=O)c1ccccc1)Nc1ncnc(-c2ccc(O[C@@H]3CCN(C(=O)CO)C3)c(C#N)c2)n1. The van der Waals surface area contributed by atoms with Gasteiger partial charge in [0.1, 0.15) is 36.5 Å². The molecular weight excluding hydrogens is 474 g/mol. The molecule has 1 saturated heterocycles. The summed E-state index contributed by atoms with van der Waals surface area (Å²) in [6, 6.07) is 16.0. The molecule has 1 aromatic heterocycles. The minimum absolute atomic E-state index is 0.243. The fraction of sp³-hybridized carbons (Fsp3) is 0.308. The molecule has 1 aliphatic rings. The number of benzene rings is 2. The van der Waals surface area contributed by atoms with E-state index in [1.165, 1.54) is 11.2 Å². The van der Waals surface area contributed by atoms with Gasteiger partial charge in [0.2, 0.25) is 11.9 Å². The van der Waals surface area contributed by atoms with Crippen LogP contribution in [0.15, 0.2) is 54.9 Å². The Morgan fingerprint density at radius 3 is 2.73 bits per heavy atom. The van der Waals surface area contributed by atoms with Crippen LogP contribution in [-0.4, -0.2) is 68.2 Å². The maximum absolute atomic E-state index is 12.6. The van der Waals surface area contributed by atoms with Crippen LogP contribution in [-0.2, 0) is 4.79 Å². The summed E-state index contributed by atoms with van der Waals surface area (Å²) in [4.78, 5) is 38.6. The average Bonchev–Trinajstić information content (AvgIpc) is 3.37. The average molecular weight is 502 g/mol. The zero-order chi connectivity index (χ0) is 26.4. The molecule has 2 aromatic carbocycles. The highest BCUT2D eigenvalue weighted by Crippen LogP contribution is 2.27. The van der Waals surface area contributed by atoms with E-state index in [0.29, 0.717) is 47.8 Å². The Balaban J connectivity index is 1.45. The molecule has 4 rings (SSSR count). The second-order valence-corrected chi connectivity index (χ2v) is 9.05. The molecule has 1 aliphatic heterocycles. The van der Waals surface area contributed by atoms with Gasteiger partial charge in [0, 0.05) is 24.1 Å². The molecule has 0 saturated carbocycles. The maximum Gasteiger partial charge on any atom is 0.253 e. The summed E-state index contributed by atoms with van der Waals surface area (Å²) in [7, 11) is 0. The fourth-order valence-electron chi connectivity index (χ4n) is 3.94. The van der Waals surface area contributed by atoms with Crippen LogP contribution in [0.4, 0.5) is 5.95 Å². The number of rotatable bonds is 8. The van der Waals surface area contributed by atoms with Gasteiger partial charge in [-0.1, -0.05) is 18.2 Å². The van der Waals surface area contributed by atoms with Crippen molar-refractivity contribution in [1.29, 1.82) is 5.26 Å². The van der Waals surface area contributed by atoms with Gasteiger partial charge >= 0.3 is 0 Å². The van der Waals surface area contributed by atoms with E-state index in [2.05, 4.69) is 31.7 Å². The zero-order valence-corrected chi connectivity index (χ0v) is 20.5. The summed E-state index contributed by atoms with van der Waals surface area (Å²) in [5, 5.41) is 24.7. The van der Waals surface area contributed by atoms with E-state index in [0.717, 1.165) is 0 Å². The predicted octanol–water partition coefficient (Wildman–Crippen LogP) is 1.96. The van der Waals surface area contributed by atoms with Crippen molar-refractivity contribution in [3.8, 4) is 23.2 Å². The number of aliphatic hydroxyl groups is 1. The Hall–Kier alpha value is -4.56. The molecule has 0 bridgehead atoms. The van der Waals surface area contributed by atoms with Crippen LogP contribution in [0.2, 0.25) is 0 Å². The Morgan fingerprint density at radius 2 is 2.00 bits per heavy atom. The molecule has 2 amide bonds. The van der Waals surface area contributed by atoms with Crippen LogP contribution >= 0.6 is 0 Å². The molecule has 1 atom stereocenters. The lowest BCUT2D eigenvalue weighted by atomic mass is 10.1. The van der Waals surface area contributed by atoms with Crippen LogP contribution in [0.3, 0.4) is 0 Å². The molecule has 190 valence electrons. The number of hydrogen-bond acceptors (Lipinski definition) is 9. The lowest BCUT2D eigenvalue weighted by Crippen LogP contribution is -2.49. The number of carbonyl (C=O) groups excluding carboxylic acids is 2. The summed E-state index contributed by atoms with van der Waals surface area (Å²) in [6.45, 7) is 3.88. The second kappa shape index (κ2) is 11.0. The van der Waals surface area contributed by atoms with Crippen molar-refractivity contribution in [3.63, 3.8) is 0 Å². The summed E-state index contributed by atoms with van der Waals surface area (Å²) in [5.41, 5.74) is 0.553. The number of likely N-dealkylation sites (tertiary alicyclic amines) is 1. The Labute approximate surface area is 214 Å². The third-order valence-corrected chi connectivity index (χ3v) is 5.74. The number of carbonyl (C=O) groups is 2. The minimum atomic E-state index is -0.867. The number of nitrogens with zero attached hydrogens (tertiary/aromatic N) is 5. The van der Waals surface area contributed by atoms with E-state index < -0.39 is 12.3 Å². The standard InChI is InChI=1S/C26H27N7O4/c1-26(2,31-24(36)17-6-4-3-5-7-17)32-25-29-16-28-23(30-25)18-8-9-21(19(12-18)13-27)37-20-10-11-33(14-20)22(35)15-34/h3-9,12,16,20,34H,10-11,14-15H2,1-2H3,(H,31,36)(H,28,29,30,32)/t20-/m1/s1. The van der Waals surface area contributed by atoms with E-state index >= 15 is 0 Å². The molecular formula is C26H27N7O4. The van der Waals surface area contributed by atoms with Gasteiger partial charge in [0.25, 0.3) is 5.91 Å². The number of nitrogens with one attached hydrogen (secondary N) is 2. The largest absolute Gasteiger partial charge is 0.487 e. The molecule has 0 radical (unpaired) electrons. The van der Waals surface area contributed by atoms with Crippen LogP contribution in [0.1, 0.15) is 36.2 Å². The molecule has 2 heterocycles. The third-order valence-electron chi connectivity index (χ3n) is 5.74. The van der Waals surface area contributed by atoms with Crippen LogP contribution < -0.4 is 15.4 Å². The smallest absolute Gasteiger partial charge is 0.253 e. The second-order valence-electron chi connectivity index (χ2n) is 9.05. The normalized spacial score (nSPS) is 15.1. The van der Waals surface area contributed by atoms with Gasteiger partial charge < -0.3 is 25.4 Å². The zero-order valence-electron chi connectivity index (χ0n) is 20.5. The quantitative estimate of drug-likeness (QED) is 0.393. The van der Waals surface area contributed by atoms with Gasteiger partial charge in [-0.2, -0.15) is 10.2 Å². The monoisotopic (exact) mass is 501 g/mol. The first-order chi connectivity index (χ1) is 17.8. The van der Waals surface area contributed by atoms with E-state index in [4.69, 9.17) is 9.84 Å². The molecule has 0 spiro atoms. The maximum atomic E-state index is 12.6. The fourth-order valence-corrected chi connectivity index (χ4v) is 3.94. The Morgan fingerprint density at radius 1 is 1.22 bits per heavy atom. The molecule has 3 N–H and O–H groups in total. The summed E-state index contributed by atoms with van der Waals surface area (Å²) < 4.78 is 5.97. The first kappa shape index (κ1) is 25.5. The first-order valence-electron chi connectivity index (χ1n) is 11.7. The lowest BCUT2D eigenvalue weighted by Gasteiger charge is -2.27. The summed E-state index contributed by atoms with van der Waals surface area (Å²) >= 11 is 0. The summed E-state index contributed by atoms with van der Waals surface area (Å²) in [5.74, 6) is 0.400. The highest BCUT2D eigenvalue weighted by molar-refractivity contribution is 5.94. The highest BCUT2D eigenvalue weighted by atomic mass is 16.5. The van der Waals surface area contributed by atoms with Crippen molar-refractivity contribution < 1.29 is 19.4 Å². The molecule has 11 heteroatoms. The number of anilines is 1. The van der Waals surface area contributed by atoms with Crippen molar-refractivity contribution in [2.75, 3.05) is 25.0 Å². The molecule has 0 unspecified atom stereocenters. The molecule has 0 aliphatic carbocycles.